The first kappa shape index (κ1) is 23.6. The Morgan fingerprint density at radius 1 is 1.29 bits per heavy atom. The number of piperidine rings is 1. The van der Waals surface area contributed by atoms with Crippen LogP contribution in [0.4, 0.5) is 0 Å². The number of hydrogen-bond donors (Lipinski definition) is 2. The predicted molar refractivity (Wildman–Crippen MR) is 120 cm³/mol. The number of hydrogen-bond acceptors (Lipinski definition) is 6. The molecule has 0 saturated carbocycles. The number of fused-ring (bicyclic) bond motifs is 1. The number of amides is 1. The highest BCUT2D eigenvalue weighted by Crippen LogP contribution is 2.40. The van der Waals surface area contributed by atoms with Gasteiger partial charge in [-0.2, -0.15) is 11.8 Å². The molecule has 5 atom stereocenters. The fourth-order valence-electron chi connectivity index (χ4n) is 4.47. The Labute approximate surface area is 187 Å². The van der Waals surface area contributed by atoms with Gasteiger partial charge in [0.25, 0.3) is 0 Å². The number of likely N-dealkylation sites (tertiary alicyclic amines) is 1. The van der Waals surface area contributed by atoms with Gasteiger partial charge in [-0.25, -0.2) is 4.79 Å². The van der Waals surface area contributed by atoms with Crippen molar-refractivity contribution in [1.29, 1.82) is 0 Å². The van der Waals surface area contributed by atoms with E-state index in [1.165, 1.54) is 4.90 Å². The van der Waals surface area contributed by atoms with Gasteiger partial charge in [0, 0.05) is 11.8 Å². The van der Waals surface area contributed by atoms with Gasteiger partial charge >= 0.3 is 11.9 Å². The molecular formula is C23H32N2O5S. The minimum atomic E-state index is -0.957. The van der Waals surface area contributed by atoms with Crippen molar-refractivity contribution in [3.8, 4) is 0 Å². The van der Waals surface area contributed by atoms with Crippen LogP contribution >= 0.6 is 11.8 Å². The van der Waals surface area contributed by atoms with E-state index in [9.17, 15) is 19.5 Å². The third-order valence-corrected chi connectivity index (χ3v) is 7.58. The second kappa shape index (κ2) is 11.0. The van der Waals surface area contributed by atoms with Crippen LogP contribution in [-0.2, 0) is 25.5 Å². The van der Waals surface area contributed by atoms with Crippen LogP contribution in [0, 0.1) is 5.92 Å². The van der Waals surface area contributed by atoms with Crippen molar-refractivity contribution in [2.45, 2.75) is 62.9 Å². The zero-order valence-electron chi connectivity index (χ0n) is 18.2. The maximum absolute atomic E-state index is 13.2. The van der Waals surface area contributed by atoms with E-state index in [4.69, 9.17) is 4.74 Å². The fourth-order valence-corrected chi connectivity index (χ4v) is 5.99. The van der Waals surface area contributed by atoms with Crippen molar-refractivity contribution in [2.75, 3.05) is 18.9 Å². The Bertz CT molecular complexity index is 774. The number of benzene rings is 1. The van der Waals surface area contributed by atoms with Crippen molar-refractivity contribution in [3.63, 3.8) is 0 Å². The van der Waals surface area contributed by atoms with Gasteiger partial charge in [-0.3, -0.25) is 14.9 Å². The monoisotopic (exact) mass is 448 g/mol. The Morgan fingerprint density at radius 2 is 2.03 bits per heavy atom. The topological polar surface area (TPSA) is 95.9 Å². The van der Waals surface area contributed by atoms with Crippen LogP contribution in [0.1, 0.15) is 38.7 Å². The first-order valence-electron chi connectivity index (χ1n) is 11.0. The second-order valence-corrected chi connectivity index (χ2v) is 9.60. The summed E-state index contributed by atoms with van der Waals surface area (Å²) in [5.41, 5.74) is 1.10. The van der Waals surface area contributed by atoms with Gasteiger partial charge in [0.15, 0.2) is 0 Å². The lowest BCUT2D eigenvalue weighted by Gasteiger charge is -2.40. The number of aryl methyl sites for hydroxylation is 1. The maximum atomic E-state index is 13.2. The maximum Gasteiger partial charge on any atom is 0.326 e. The first-order valence-corrected chi connectivity index (χ1v) is 12.1. The van der Waals surface area contributed by atoms with Crippen molar-refractivity contribution in [1.82, 2.24) is 10.2 Å². The largest absolute Gasteiger partial charge is 0.480 e. The molecule has 31 heavy (non-hydrogen) atoms. The average molecular weight is 449 g/mol. The van der Waals surface area contributed by atoms with E-state index in [1.807, 2.05) is 42.1 Å². The van der Waals surface area contributed by atoms with Gasteiger partial charge in [-0.1, -0.05) is 30.3 Å². The molecule has 2 aliphatic rings. The van der Waals surface area contributed by atoms with Gasteiger partial charge < -0.3 is 14.7 Å². The molecular weight excluding hydrogens is 416 g/mol. The zero-order valence-corrected chi connectivity index (χ0v) is 19.0. The van der Waals surface area contributed by atoms with Gasteiger partial charge in [0.1, 0.15) is 12.1 Å². The summed E-state index contributed by atoms with van der Waals surface area (Å²) in [5, 5.41) is 13.1. The Hall–Kier alpha value is -2.06. The van der Waals surface area contributed by atoms with Crippen molar-refractivity contribution in [2.24, 2.45) is 5.92 Å². The van der Waals surface area contributed by atoms with Crippen molar-refractivity contribution in [3.05, 3.63) is 35.9 Å². The summed E-state index contributed by atoms with van der Waals surface area (Å²) in [6.45, 7) is 4.16. The molecule has 7 nitrogen and oxygen atoms in total. The lowest BCUT2D eigenvalue weighted by molar-refractivity contribution is -0.154. The highest BCUT2D eigenvalue weighted by Gasteiger charge is 2.44. The summed E-state index contributed by atoms with van der Waals surface area (Å²) in [6, 6.07) is 7.71. The van der Waals surface area contributed by atoms with E-state index in [0.29, 0.717) is 37.0 Å². The van der Waals surface area contributed by atoms with Crippen LogP contribution in [0.5, 0.6) is 0 Å². The normalized spacial score (nSPS) is 24.8. The van der Waals surface area contributed by atoms with E-state index in [1.54, 1.807) is 13.8 Å². The summed E-state index contributed by atoms with van der Waals surface area (Å²) in [5.74, 6) is -0.245. The molecule has 3 rings (SSSR count). The smallest absolute Gasteiger partial charge is 0.326 e. The summed E-state index contributed by atoms with van der Waals surface area (Å²) < 4.78 is 5.21. The number of aliphatic carboxylic acids is 1. The van der Waals surface area contributed by atoms with E-state index in [-0.39, 0.29) is 12.5 Å². The number of ether oxygens (including phenoxy) is 1. The number of esters is 1. The molecule has 2 heterocycles. The highest BCUT2D eigenvalue weighted by molar-refractivity contribution is 8.00. The van der Waals surface area contributed by atoms with Crippen LogP contribution in [0.2, 0.25) is 0 Å². The lowest BCUT2D eigenvalue weighted by Crippen LogP contribution is -2.59. The molecule has 1 aromatic carbocycles. The number of carboxylic acids is 1. The molecule has 8 heteroatoms. The molecule has 0 radical (unpaired) electrons. The molecule has 1 aromatic rings. The molecule has 2 N–H and O–H groups in total. The van der Waals surface area contributed by atoms with Crippen LogP contribution in [0.3, 0.4) is 0 Å². The SMILES string of the molecule is CCOC(=O)C(CCc1ccccc1)N[C@@H](C)C(=O)N1CC2SCCC2CC1C(=O)O. The van der Waals surface area contributed by atoms with Gasteiger partial charge in [-0.15, -0.1) is 0 Å². The molecule has 2 fully saturated rings. The van der Waals surface area contributed by atoms with E-state index in [0.717, 1.165) is 17.7 Å². The molecule has 2 aliphatic heterocycles. The molecule has 1 amide bonds. The van der Waals surface area contributed by atoms with E-state index >= 15 is 0 Å². The van der Waals surface area contributed by atoms with Crippen molar-refractivity contribution >= 4 is 29.6 Å². The van der Waals surface area contributed by atoms with Crippen LogP contribution in [0.25, 0.3) is 0 Å². The van der Waals surface area contributed by atoms with Crippen LogP contribution < -0.4 is 5.32 Å². The number of carbonyl (C=O) groups excluding carboxylic acids is 2. The third kappa shape index (κ3) is 6.01. The minimum absolute atomic E-state index is 0.262. The highest BCUT2D eigenvalue weighted by atomic mass is 32.2. The van der Waals surface area contributed by atoms with Crippen molar-refractivity contribution < 1.29 is 24.2 Å². The minimum Gasteiger partial charge on any atom is -0.480 e. The predicted octanol–water partition coefficient (Wildman–Crippen LogP) is 2.34. The Kier molecular flexibility index (Phi) is 8.37. The second-order valence-electron chi connectivity index (χ2n) is 8.26. The molecule has 0 aliphatic carbocycles. The molecule has 0 bridgehead atoms. The standard InChI is InChI=1S/C23H32N2O5S/c1-3-30-23(29)18(10-9-16-7-5-4-6-8-16)24-15(2)21(26)25-14-20-17(11-12-31-20)13-19(25)22(27)28/h4-8,15,17-20,24H,3,9-14H2,1-2H3,(H,27,28)/t15-,17?,18?,19?,20?/m0/s1. The van der Waals surface area contributed by atoms with E-state index < -0.39 is 30.1 Å². The van der Waals surface area contributed by atoms with E-state index in [2.05, 4.69) is 5.32 Å². The zero-order chi connectivity index (χ0) is 22.4. The molecule has 0 spiro atoms. The number of carboxylic acid groups (broad SMARTS) is 1. The summed E-state index contributed by atoms with van der Waals surface area (Å²) >= 11 is 1.82. The third-order valence-electron chi connectivity index (χ3n) is 6.15. The molecule has 4 unspecified atom stereocenters. The van der Waals surface area contributed by atoms with Gasteiger partial charge in [-0.05, 0) is 56.8 Å². The summed E-state index contributed by atoms with van der Waals surface area (Å²) in [7, 11) is 0. The number of thioether (sulfide) groups is 1. The number of nitrogens with one attached hydrogen (secondary N) is 1. The molecule has 2 saturated heterocycles. The molecule has 170 valence electrons. The fraction of sp³-hybridized carbons (Fsp3) is 0.609. The number of nitrogens with zero attached hydrogens (tertiary/aromatic N) is 1. The van der Waals surface area contributed by atoms with Gasteiger partial charge in [0.2, 0.25) is 5.91 Å². The molecule has 0 aromatic heterocycles. The first-order chi connectivity index (χ1) is 14.9. The average Bonchev–Trinajstić information content (AvgIpc) is 3.23. The number of carbonyl (C=O) groups is 3. The summed E-state index contributed by atoms with van der Waals surface area (Å²) in [6.07, 6.45) is 2.67. The Morgan fingerprint density at radius 3 is 2.71 bits per heavy atom. The quantitative estimate of drug-likeness (QED) is 0.560. The number of rotatable bonds is 9. The Balaban J connectivity index is 1.67. The van der Waals surface area contributed by atoms with Crippen LogP contribution in [0.15, 0.2) is 30.3 Å². The lowest BCUT2D eigenvalue weighted by atomic mass is 9.88. The van der Waals surface area contributed by atoms with Gasteiger partial charge in [0.05, 0.1) is 12.6 Å². The van der Waals surface area contributed by atoms with Crippen LogP contribution in [-0.4, -0.2) is 70.1 Å². The summed E-state index contributed by atoms with van der Waals surface area (Å²) in [4.78, 5) is 39.1.